The van der Waals surface area contributed by atoms with Gasteiger partial charge in [0.1, 0.15) is 5.54 Å². The first-order valence-electron chi connectivity index (χ1n) is 11.2. The van der Waals surface area contributed by atoms with Crippen LogP contribution in [-0.2, 0) is 24.3 Å². The van der Waals surface area contributed by atoms with Crippen LogP contribution in [0.4, 0.5) is 17.1 Å². The van der Waals surface area contributed by atoms with Crippen molar-refractivity contribution < 1.29 is 27.5 Å². The van der Waals surface area contributed by atoms with Gasteiger partial charge >= 0.3 is 5.97 Å². The Balaban J connectivity index is 1.56. The lowest BCUT2D eigenvalue weighted by atomic mass is 9.96. The van der Waals surface area contributed by atoms with Crippen LogP contribution < -0.4 is 14.5 Å². The second-order valence-corrected chi connectivity index (χ2v) is 11.2. The molecule has 37 heavy (non-hydrogen) atoms. The fourth-order valence-electron chi connectivity index (χ4n) is 3.92. The van der Waals surface area contributed by atoms with Crippen molar-refractivity contribution in [3.8, 4) is 0 Å². The molecule has 0 aliphatic carbocycles. The lowest BCUT2D eigenvalue weighted by molar-refractivity contribution is -0.128. The van der Waals surface area contributed by atoms with Crippen LogP contribution in [0.15, 0.2) is 77.7 Å². The molecular weight excluding hydrogens is 518 g/mol. The van der Waals surface area contributed by atoms with Crippen LogP contribution in [0.3, 0.4) is 0 Å². The molecule has 9 nitrogen and oxygen atoms in total. The Morgan fingerprint density at radius 3 is 2.38 bits per heavy atom. The maximum absolute atomic E-state index is 13.1. The highest BCUT2D eigenvalue weighted by molar-refractivity contribution is 7.92. The van der Waals surface area contributed by atoms with E-state index in [1.807, 2.05) is 0 Å². The molecule has 3 aromatic rings. The minimum Gasteiger partial charge on any atom is -0.452 e. The van der Waals surface area contributed by atoms with E-state index >= 15 is 0 Å². The maximum atomic E-state index is 13.1. The average molecular weight is 542 g/mol. The van der Waals surface area contributed by atoms with Gasteiger partial charge in [-0.05, 0) is 56.3 Å². The van der Waals surface area contributed by atoms with E-state index in [-0.39, 0.29) is 15.5 Å². The van der Waals surface area contributed by atoms with Crippen LogP contribution in [0.5, 0.6) is 0 Å². The third-order valence-corrected chi connectivity index (χ3v) is 8.13. The second-order valence-electron chi connectivity index (χ2n) is 8.79. The molecule has 1 aliphatic rings. The fraction of sp³-hybridized carbons (Fsp3) is 0.192. The molecule has 0 unspecified atom stereocenters. The number of nitrogens with one attached hydrogen (secondary N) is 1. The number of ether oxygens (including phenoxy) is 1. The van der Waals surface area contributed by atoms with Gasteiger partial charge in [0.25, 0.3) is 15.9 Å². The van der Waals surface area contributed by atoms with Crippen molar-refractivity contribution in [2.75, 3.05) is 28.2 Å². The predicted octanol–water partition coefficient (Wildman–Crippen LogP) is 4.09. The number of hydrogen-bond acceptors (Lipinski definition) is 6. The molecule has 192 valence electrons. The third-order valence-electron chi connectivity index (χ3n) is 6.02. The summed E-state index contributed by atoms with van der Waals surface area (Å²) in [5, 5.41) is 2.72. The van der Waals surface area contributed by atoms with Crippen LogP contribution in [0.25, 0.3) is 0 Å². The summed E-state index contributed by atoms with van der Waals surface area (Å²) in [6.07, 6.45) is 0. The van der Waals surface area contributed by atoms with Crippen molar-refractivity contribution in [1.82, 2.24) is 0 Å². The molecule has 1 heterocycles. The van der Waals surface area contributed by atoms with Crippen molar-refractivity contribution in [3.05, 3.63) is 83.4 Å². The summed E-state index contributed by atoms with van der Waals surface area (Å²) in [5.41, 5.74) is -0.113. The normalized spacial score (nSPS) is 14.4. The topological polar surface area (TPSA) is 113 Å². The molecule has 0 aromatic heterocycles. The van der Waals surface area contributed by atoms with Gasteiger partial charge in [-0.2, -0.15) is 0 Å². The summed E-state index contributed by atoms with van der Waals surface area (Å²) >= 11 is 6.18. The number of amides is 2. The van der Waals surface area contributed by atoms with Gasteiger partial charge in [0.2, 0.25) is 5.91 Å². The molecule has 0 radical (unpaired) electrons. The maximum Gasteiger partial charge on any atom is 0.340 e. The minimum atomic E-state index is -4.02. The van der Waals surface area contributed by atoms with E-state index < -0.39 is 40.0 Å². The quantitative estimate of drug-likeness (QED) is 0.470. The van der Waals surface area contributed by atoms with Crippen LogP contribution in [0, 0.1) is 0 Å². The number of rotatable bonds is 6. The molecule has 0 saturated heterocycles. The summed E-state index contributed by atoms with van der Waals surface area (Å²) in [7, 11) is -2.63. The van der Waals surface area contributed by atoms with E-state index in [0.717, 1.165) is 10.4 Å². The molecule has 0 spiro atoms. The van der Waals surface area contributed by atoms with Gasteiger partial charge < -0.3 is 10.1 Å². The van der Waals surface area contributed by atoms with E-state index in [1.54, 1.807) is 68.4 Å². The van der Waals surface area contributed by atoms with Gasteiger partial charge in [0.05, 0.1) is 32.5 Å². The van der Waals surface area contributed by atoms with Crippen LogP contribution in [0.1, 0.15) is 24.2 Å². The number of hydrogen-bond donors (Lipinski definition) is 1. The SMILES string of the molecule is CN(c1ccccc1)S(=O)(=O)c1ccc(Cl)c(C(=O)OCC(=O)N2c3ccccc3NC(=O)C2(C)C)c1. The highest BCUT2D eigenvalue weighted by Crippen LogP contribution is 2.36. The molecule has 11 heteroatoms. The van der Waals surface area contributed by atoms with Crippen LogP contribution in [-0.4, -0.2) is 45.4 Å². The van der Waals surface area contributed by atoms with E-state index in [9.17, 15) is 22.8 Å². The molecule has 0 saturated carbocycles. The molecule has 4 rings (SSSR count). The molecule has 3 aromatic carbocycles. The standard InChI is InChI=1S/C26H24ClN3O6S/c1-26(2)25(33)28-21-11-7-8-12-22(21)30(26)23(31)16-36-24(32)19-15-18(13-14-20(19)27)37(34,35)29(3)17-9-5-4-6-10-17/h4-15H,16H2,1-3H3,(H,28,33). The monoisotopic (exact) mass is 541 g/mol. The number of anilines is 3. The van der Waals surface area contributed by atoms with Gasteiger partial charge in [-0.1, -0.05) is 41.9 Å². The Morgan fingerprint density at radius 1 is 1.03 bits per heavy atom. The number of nitrogens with zero attached hydrogens (tertiary/aromatic N) is 2. The van der Waals surface area contributed by atoms with Gasteiger partial charge in [-0.15, -0.1) is 0 Å². The molecule has 0 fully saturated rings. The highest BCUT2D eigenvalue weighted by Gasteiger charge is 2.43. The number of fused-ring (bicyclic) bond motifs is 1. The Hall–Kier alpha value is -3.89. The first-order valence-corrected chi connectivity index (χ1v) is 13.0. The lowest BCUT2D eigenvalue weighted by Gasteiger charge is -2.41. The molecule has 1 aliphatic heterocycles. The Labute approximate surface area is 219 Å². The molecule has 1 N–H and O–H groups in total. The summed E-state index contributed by atoms with van der Waals surface area (Å²) in [5.74, 6) is -2.01. The zero-order chi connectivity index (χ0) is 27.0. The fourth-order valence-corrected chi connectivity index (χ4v) is 5.34. The summed E-state index contributed by atoms with van der Waals surface area (Å²) in [6, 6.07) is 18.9. The number of benzene rings is 3. The van der Waals surface area contributed by atoms with Crippen LogP contribution in [0.2, 0.25) is 5.02 Å². The van der Waals surface area contributed by atoms with Crippen molar-refractivity contribution in [2.24, 2.45) is 0 Å². The minimum absolute atomic E-state index is 0.0400. The lowest BCUT2D eigenvalue weighted by Crippen LogP contribution is -2.59. The third kappa shape index (κ3) is 4.90. The van der Waals surface area contributed by atoms with Crippen LogP contribution >= 0.6 is 11.6 Å². The average Bonchev–Trinajstić information content (AvgIpc) is 2.88. The van der Waals surface area contributed by atoms with E-state index in [4.69, 9.17) is 16.3 Å². The largest absolute Gasteiger partial charge is 0.452 e. The first kappa shape index (κ1) is 26.2. The number of esters is 1. The number of para-hydroxylation sites is 3. The molecule has 0 atom stereocenters. The van der Waals surface area contributed by atoms with E-state index in [1.165, 1.54) is 24.1 Å². The number of carbonyl (C=O) groups excluding carboxylic acids is 3. The van der Waals surface area contributed by atoms with E-state index in [2.05, 4.69) is 5.32 Å². The molecule has 2 amide bonds. The Morgan fingerprint density at radius 2 is 1.68 bits per heavy atom. The summed E-state index contributed by atoms with van der Waals surface area (Å²) in [6.45, 7) is 2.46. The molecular formula is C26H24ClN3O6S. The van der Waals surface area contributed by atoms with Gasteiger partial charge in [-0.25, -0.2) is 13.2 Å². The summed E-state index contributed by atoms with van der Waals surface area (Å²) in [4.78, 5) is 39.7. The zero-order valence-corrected chi connectivity index (χ0v) is 21.8. The smallest absolute Gasteiger partial charge is 0.340 e. The van der Waals surface area contributed by atoms with Crippen molar-refractivity contribution in [2.45, 2.75) is 24.3 Å². The summed E-state index contributed by atoms with van der Waals surface area (Å²) < 4.78 is 32.6. The van der Waals surface area contributed by atoms with Gasteiger partial charge in [0, 0.05) is 7.05 Å². The zero-order valence-electron chi connectivity index (χ0n) is 20.3. The Bertz CT molecular complexity index is 1490. The number of halogens is 1. The number of sulfonamides is 1. The Kier molecular flexibility index (Phi) is 6.98. The highest BCUT2D eigenvalue weighted by atomic mass is 35.5. The van der Waals surface area contributed by atoms with Crippen molar-refractivity contribution in [1.29, 1.82) is 0 Å². The van der Waals surface area contributed by atoms with Gasteiger partial charge in [0.15, 0.2) is 6.61 Å². The van der Waals surface area contributed by atoms with Gasteiger partial charge in [-0.3, -0.25) is 18.8 Å². The molecule has 0 bridgehead atoms. The number of carbonyl (C=O) groups is 3. The van der Waals surface area contributed by atoms with Crippen molar-refractivity contribution in [3.63, 3.8) is 0 Å². The first-order chi connectivity index (χ1) is 17.4. The van der Waals surface area contributed by atoms with Crippen molar-refractivity contribution >= 4 is 56.5 Å². The predicted molar refractivity (Wildman–Crippen MR) is 140 cm³/mol. The van der Waals surface area contributed by atoms with E-state index in [0.29, 0.717) is 17.1 Å². The second kappa shape index (κ2) is 9.87.